The van der Waals surface area contributed by atoms with Crippen molar-refractivity contribution in [3.8, 4) is 0 Å². The van der Waals surface area contributed by atoms with Gasteiger partial charge in [0.2, 0.25) is 0 Å². The van der Waals surface area contributed by atoms with Crippen LogP contribution in [0.25, 0.3) is 31.2 Å². The van der Waals surface area contributed by atoms with Crippen LogP contribution in [0.3, 0.4) is 0 Å². The summed E-state index contributed by atoms with van der Waals surface area (Å²) in [4.78, 5) is 10.5. The van der Waals surface area contributed by atoms with Crippen LogP contribution in [0.5, 0.6) is 0 Å². The van der Waals surface area contributed by atoms with Crippen LogP contribution in [0, 0.1) is 0 Å². The number of benzene rings is 2. The van der Waals surface area contributed by atoms with Gasteiger partial charge >= 0.3 is 0 Å². The van der Waals surface area contributed by atoms with Gasteiger partial charge in [0.05, 0.1) is 21.2 Å². The van der Waals surface area contributed by atoms with Crippen LogP contribution >= 0.6 is 22.7 Å². The molecule has 0 unspecified atom stereocenters. The maximum Gasteiger partial charge on any atom is 0.0832 e. The van der Waals surface area contributed by atoms with Crippen LogP contribution in [0.1, 0.15) is 23.6 Å². The molecule has 126 valence electrons. The molecule has 2 aromatic carbocycles. The molecule has 26 heavy (non-hydrogen) atoms. The van der Waals surface area contributed by atoms with E-state index < -0.39 is 0 Å². The molecule has 0 spiro atoms. The maximum atomic E-state index is 4.60. The van der Waals surface area contributed by atoms with Gasteiger partial charge in [-0.3, -0.25) is 4.98 Å². The first-order valence-electron chi connectivity index (χ1n) is 8.76. The van der Waals surface area contributed by atoms with Crippen molar-refractivity contribution in [1.82, 2.24) is 9.97 Å². The Morgan fingerprint density at radius 3 is 2.81 bits per heavy atom. The number of thiazole rings is 1. The minimum Gasteiger partial charge on any atom is -0.355 e. The van der Waals surface area contributed by atoms with Crippen molar-refractivity contribution in [2.24, 2.45) is 0 Å². The molecule has 0 saturated heterocycles. The van der Waals surface area contributed by atoms with Crippen LogP contribution in [-0.4, -0.2) is 9.97 Å². The molecular formula is C21H15N3S2. The molecule has 1 aliphatic carbocycles. The molecule has 1 N–H and O–H groups in total. The van der Waals surface area contributed by atoms with Crippen LogP contribution in [-0.2, 0) is 0 Å². The Labute approximate surface area is 158 Å². The molecule has 3 aromatic heterocycles. The number of anilines is 2. The van der Waals surface area contributed by atoms with Crippen molar-refractivity contribution in [3.63, 3.8) is 0 Å². The molecule has 0 bridgehead atoms. The second-order valence-corrected chi connectivity index (χ2v) is 8.85. The van der Waals surface area contributed by atoms with E-state index in [9.17, 15) is 0 Å². The number of aromatic nitrogens is 2. The predicted molar refractivity (Wildman–Crippen MR) is 112 cm³/mol. The molecule has 3 heterocycles. The molecule has 0 amide bonds. The molecule has 6 rings (SSSR count). The summed E-state index contributed by atoms with van der Waals surface area (Å²) in [6.45, 7) is 0. The summed E-state index contributed by atoms with van der Waals surface area (Å²) in [6, 6.07) is 15.3. The Morgan fingerprint density at radius 2 is 1.88 bits per heavy atom. The quantitative estimate of drug-likeness (QED) is 0.383. The summed E-state index contributed by atoms with van der Waals surface area (Å²) in [6.07, 6.45) is 4.57. The molecule has 5 aromatic rings. The summed E-state index contributed by atoms with van der Waals surface area (Å²) in [7, 11) is 0. The minimum absolute atomic E-state index is 0.797. The lowest BCUT2D eigenvalue weighted by Crippen LogP contribution is -1.92. The van der Waals surface area contributed by atoms with Crippen molar-refractivity contribution < 1.29 is 0 Å². The number of fused-ring (bicyclic) bond motifs is 3. The van der Waals surface area contributed by atoms with Gasteiger partial charge in [-0.2, -0.15) is 0 Å². The van der Waals surface area contributed by atoms with Gasteiger partial charge in [-0.1, -0.05) is 0 Å². The van der Waals surface area contributed by atoms with E-state index in [1.165, 1.54) is 37.9 Å². The van der Waals surface area contributed by atoms with Crippen molar-refractivity contribution >= 4 is 65.3 Å². The topological polar surface area (TPSA) is 37.8 Å². The Morgan fingerprint density at radius 1 is 0.923 bits per heavy atom. The third-order valence-corrected chi connectivity index (χ3v) is 7.06. The number of rotatable bonds is 3. The second-order valence-electron chi connectivity index (χ2n) is 6.85. The molecule has 5 heteroatoms. The van der Waals surface area contributed by atoms with E-state index >= 15 is 0 Å². The molecule has 1 aliphatic rings. The lowest BCUT2D eigenvalue weighted by molar-refractivity contribution is 1.18. The lowest BCUT2D eigenvalue weighted by Gasteiger charge is -2.09. The van der Waals surface area contributed by atoms with Crippen LogP contribution in [0.2, 0.25) is 0 Å². The Hall–Kier alpha value is -2.50. The molecule has 0 atom stereocenters. The summed E-state index contributed by atoms with van der Waals surface area (Å²) >= 11 is 3.60. The average molecular weight is 374 g/mol. The zero-order chi connectivity index (χ0) is 17.1. The third-order valence-electron chi connectivity index (χ3n) is 4.99. The first-order valence-corrected chi connectivity index (χ1v) is 10.5. The molecule has 1 saturated carbocycles. The summed E-state index contributed by atoms with van der Waals surface area (Å²) in [5.41, 5.74) is 6.11. The smallest absolute Gasteiger partial charge is 0.0832 e. The summed E-state index contributed by atoms with van der Waals surface area (Å²) in [5.74, 6) is 0.797. The highest BCUT2D eigenvalue weighted by Gasteiger charge is 2.25. The van der Waals surface area contributed by atoms with Gasteiger partial charge in [-0.15, -0.1) is 22.7 Å². The zero-order valence-electron chi connectivity index (χ0n) is 13.9. The number of pyridine rings is 1. The zero-order valence-corrected chi connectivity index (χ0v) is 15.5. The fraction of sp³-hybridized carbons (Fsp3) is 0.143. The second kappa shape index (κ2) is 5.50. The number of hydrogen-bond donors (Lipinski definition) is 1. The first-order chi connectivity index (χ1) is 12.8. The number of hydrogen-bond acceptors (Lipinski definition) is 5. The van der Waals surface area contributed by atoms with Crippen LogP contribution in [0.15, 0.2) is 54.2 Å². The van der Waals surface area contributed by atoms with E-state index in [0.29, 0.717) is 0 Å². The van der Waals surface area contributed by atoms with Crippen molar-refractivity contribution in [2.75, 3.05) is 5.32 Å². The standard InChI is InChI=1S/C21H15N3S2/c1-2-12(1)20-8-13-7-17-15(10-21(13)26-20)16(5-6-22-17)24-14-3-4-19-18(9-14)23-11-25-19/h3-12H,1-2H2,(H,22,24). The fourth-order valence-electron chi connectivity index (χ4n) is 3.47. The summed E-state index contributed by atoms with van der Waals surface area (Å²) in [5, 5.41) is 6.05. The highest BCUT2D eigenvalue weighted by Crippen LogP contribution is 2.45. The predicted octanol–water partition coefficient (Wildman–Crippen LogP) is 6.68. The van der Waals surface area contributed by atoms with Crippen LogP contribution in [0.4, 0.5) is 11.4 Å². The van der Waals surface area contributed by atoms with Gasteiger partial charge in [-0.25, -0.2) is 4.98 Å². The molecule has 0 radical (unpaired) electrons. The van der Waals surface area contributed by atoms with Gasteiger partial charge in [-0.05, 0) is 66.6 Å². The van der Waals surface area contributed by atoms with Gasteiger partial charge in [0.1, 0.15) is 0 Å². The SMILES string of the molecule is c1cc(Nc2ccc3scnc3c2)c2cc3sc(C4CC4)cc3cc2n1. The Kier molecular flexibility index (Phi) is 3.10. The maximum absolute atomic E-state index is 4.60. The van der Waals surface area contributed by atoms with E-state index in [1.807, 2.05) is 23.0 Å². The van der Waals surface area contributed by atoms with Gasteiger partial charge in [0.15, 0.2) is 0 Å². The monoisotopic (exact) mass is 373 g/mol. The lowest BCUT2D eigenvalue weighted by atomic mass is 10.1. The third kappa shape index (κ3) is 2.39. The van der Waals surface area contributed by atoms with E-state index in [4.69, 9.17) is 0 Å². The highest BCUT2D eigenvalue weighted by molar-refractivity contribution is 7.19. The number of thiophene rings is 1. The molecular weight excluding hydrogens is 358 g/mol. The van der Waals surface area contributed by atoms with E-state index in [0.717, 1.165) is 28.3 Å². The minimum atomic E-state index is 0.797. The first kappa shape index (κ1) is 14.6. The number of nitrogens with zero attached hydrogens (tertiary/aromatic N) is 2. The van der Waals surface area contributed by atoms with Crippen molar-refractivity contribution in [2.45, 2.75) is 18.8 Å². The Bertz CT molecular complexity index is 1280. The van der Waals surface area contributed by atoms with Crippen molar-refractivity contribution in [1.29, 1.82) is 0 Å². The largest absolute Gasteiger partial charge is 0.355 e. The summed E-state index contributed by atoms with van der Waals surface area (Å²) < 4.78 is 2.56. The van der Waals surface area contributed by atoms with E-state index in [1.54, 1.807) is 11.3 Å². The average Bonchev–Trinajstić information content (AvgIpc) is 3.25. The van der Waals surface area contributed by atoms with E-state index in [-0.39, 0.29) is 0 Å². The molecule has 0 aliphatic heterocycles. The molecule has 3 nitrogen and oxygen atoms in total. The molecule has 1 fully saturated rings. The van der Waals surface area contributed by atoms with Gasteiger partial charge in [0, 0.05) is 32.5 Å². The fourth-order valence-corrected chi connectivity index (χ4v) is 5.38. The van der Waals surface area contributed by atoms with Crippen LogP contribution < -0.4 is 5.32 Å². The Balaban J connectivity index is 1.47. The normalized spacial score (nSPS) is 14.5. The van der Waals surface area contributed by atoms with Gasteiger partial charge < -0.3 is 5.32 Å². The highest BCUT2D eigenvalue weighted by atomic mass is 32.1. The van der Waals surface area contributed by atoms with Gasteiger partial charge in [0.25, 0.3) is 0 Å². The van der Waals surface area contributed by atoms with E-state index in [2.05, 4.69) is 57.7 Å². The number of nitrogens with one attached hydrogen (secondary N) is 1. The van der Waals surface area contributed by atoms with Crippen molar-refractivity contribution in [3.05, 3.63) is 59.0 Å².